The summed E-state index contributed by atoms with van der Waals surface area (Å²) >= 11 is 0. The van der Waals surface area contributed by atoms with Crippen molar-refractivity contribution in [2.45, 2.75) is 144 Å². The van der Waals surface area contributed by atoms with Gasteiger partial charge in [-0.15, -0.1) is 0 Å². The molecule has 0 radical (unpaired) electrons. The lowest BCUT2D eigenvalue weighted by Crippen LogP contribution is -2.34. The van der Waals surface area contributed by atoms with E-state index in [1.807, 2.05) is 72.7 Å². The Bertz CT molecular complexity index is 2700. The molecule has 68 heavy (non-hydrogen) atoms. The molecule has 8 rings (SSSR count). The molecule has 6 aromatic rings. The molecular weight excluding hydrogens is 849 g/mol. The smallest absolute Gasteiger partial charge is 0.309 e. The first-order chi connectivity index (χ1) is 32.6. The summed E-state index contributed by atoms with van der Waals surface area (Å²) in [7, 11) is 0. The molecule has 0 heterocycles. The van der Waals surface area contributed by atoms with E-state index in [-0.39, 0.29) is 65.9 Å². The monoisotopic (exact) mass is 919 g/mol. The molecule has 8 heteroatoms. The van der Waals surface area contributed by atoms with Crippen LogP contribution >= 0.6 is 0 Å². The molecule has 6 aromatic carbocycles. The molecule has 2 fully saturated rings. The van der Waals surface area contributed by atoms with Gasteiger partial charge < -0.3 is 18.9 Å². The first-order valence-corrected chi connectivity index (χ1v) is 25.0. The molecule has 358 valence electrons. The van der Waals surface area contributed by atoms with Crippen molar-refractivity contribution in [2.75, 3.05) is 0 Å². The minimum Gasteiger partial charge on any atom is -0.462 e. The van der Waals surface area contributed by atoms with E-state index in [0.717, 1.165) is 58.7 Å². The lowest BCUT2D eigenvalue weighted by molar-refractivity contribution is -0.166. The van der Waals surface area contributed by atoms with Gasteiger partial charge in [0.1, 0.15) is 23.9 Å². The molecule has 0 aliphatic heterocycles. The van der Waals surface area contributed by atoms with Crippen LogP contribution in [0.4, 0.5) is 0 Å². The maximum absolute atomic E-state index is 13.2. The lowest BCUT2D eigenvalue weighted by atomic mass is 9.86. The van der Waals surface area contributed by atoms with Crippen LogP contribution in [-0.2, 0) is 43.7 Å². The number of aryl methyl sites for hydroxylation is 1. The van der Waals surface area contributed by atoms with Crippen LogP contribution in [0.1, 0.15) is 135 Å². The molecule has 0 bridgehead atoms. The van der Waals surface area contributed by atoms with Crippen LogP contribution in [0.5, 0.6) is 0 Å². The summed E-state index contributed by atoms with van der Waals surface area (Å²) in [5.74, 6) is -1.03. The van der Waals surface area contributed by atoms with Gasteiger partial charge in [-0.1, -0.05) is 119 Å². The zero-order chi connectivity index (χ0) is 48.5. The Morgan fingerprint density at radius 3 is 1.63 bits per heavy atom. The lowest BCUT2D eigenvalue weighted by Gasteiger charge is -2.32. The Kier molecular flexibility index (Phi) is 16.4. The van der Waals surface area contributed by atoms with Crippen molar-refractivity contribution in [3.05, 3.63) is 132 Å². The van der Waals surface area contributed by atoms with Gasteiger partial charge in [-0.3, -0.25) is 19.2 Å². The first-order valence-electron chi connectivity index (χ1n) is 25.0. The standard InChI is InChI=1S/C31H36O4.C29H34O4/c1-5-21(2)29(32)34-26-17-15-23(16-18-26)30(33)35-31(3,4)25-19-24-13-9-10-14-27(24)28(20-25)22-11-7-6-8-12-22;1-5-18(2)28(30)33-25-13-10-21(11-14-25)29(31)32-20(4)22-12-15-27-19(3)26-9-7-6-8-23(26)17-24(27)16-22/h6-14,19-21,23,26H,5,15-18H2,1-4H3;6-9,12,15-18,20-21,25H,5,10-11,13-14H2,1-4H3. The van der Waals surface area contributed by atoms with Crippen molar-refractivity contribution in [1.29, 1.82) is 0 Å². The highest BCUT2D eigenvalue weighted by Crippen LogP contribution is 2.38. The van der Waals surface area contributed by atoms with Gasteiger partial charge in [0, 0.05) is 0 Å². The maximum atomic E-state index is 13.2. The number of benzene rings is 6. The van der Waals surface area contributed by atoms with E-state index in [4.69, 9.17) is 18.9 Å². The quantitative estimate of drug-likeness (QED) is 0.0641. The van der Waals surface area contributed by atoms with Crippen LogP contribution in [0.2, 0.25) is 0 Å². The number of ether oxygens (including phenoxy) is 4. The van der Waals surface area contributed by atoms with Crippen LogP contribution < -0.4 is 0 Å². The number of fused-ring (bicyclic) bond motifs is 3. The Hall–Kier alpha value is -6.02. The Balaban J connectivity index is 0.000000202. The second-order valence-electron chi connectivity index (χ2n) is 19.8. The molecule has 0 saturated heterocycles. The number of esters is 4. The van der Waals surface area contributed by atoms with E-state index >= 15 is 0 Å². The van der Waals surface area contributed by atoms with Crippen molar-refractivity contribution in [2.24, 2.45) is 23.7 Å². The van der Waals surface area contributed by atoms with Crippen molar-refractivity contribution in [1.82, 2.24) is 0 Å². The Labute approximate surface area is 403 Å². The highest BCUT2D eigenvalue weighted by molar-refractivity contribution is 6.02. The molecule has 0 N–H and O–H groups in total. The normalized spacial score (nSPS) is 19.8. The predicted molar refractivity (Wildman–Crippen MR) is 272 cm³/mol. The van der Waals surface area contributed by atoms with Gasteiger partial charge in [-0.05, 0) is 176 Å². The fourth-order valence-corrected chi connectivity index (χ4v) is 9.55. The van der Waals surface area contributed by atoms with Crippen LogP contribution in [0.25, 0.3) is 43.4 Å². The molecule has 0 amide bonds. The van der Waals surface area contributed by atoms with Crippen molar-refractivity contribution in [3.8, 4) is 11.1 Å². The molecule has 2 saturated carbocycles. The van der Waals surface area contributed by atoms with E-state index in [2.05, 4.69) is 97.9 Å². The summed E-state index contributed by atoms with van der Waals surface area (Å²) in [6, 6.07) is 39.9. The number of hydrogen-bond acceptors (Lipinski definition) is 8. The van der Waals surface area contributed by atoms with Crippen LogP contribution in [0.3, 0.4) is 0 Å². The van der Waals surface area contributed by atoms with Gasteiger partial charge in [-0.25, -0.2) is 0 Å². The zero-order valence-corrected chi connectivity index (χ0v) is 41.3. The third-order valence-corrected chi connectivity index (χ3v) is 14.5. The molecule has 0 spiro atoms. The van der Waals surface area contributed by atoms with Gasteiger partial charge in [0.05, 0.1) is 23.7 Å². The predicted octanol–water partition coefficient (Wildman–Crippen LogP) is 14.5. The summed E-state index contributed by atoms with van der Waals surface area (Å²) in [4.78, 5) is 50.1. The number of rotatable bonds is 13. The highest BCUT2D eigenvalue weighted by Gasteiger charge is 2.35. The van der Waals surface area contributed by atoms with Gasteiger partial charge in [0.2, 0.25) is 0 Å². The fourth-order valence-electron chi connectivity index (χ4n) is 9.55. The summed E-state index contributed by atoms with van der Waals surface area (Å²) in [6.45, 7) is 15.8. The SMILES string of the molecule is CCC(C)C(=O)OC1CCC(C(=O)OC(C)(C)c2cc(-c3ccccc3)c3ccccc3c2)CC1.CCC(C)C(=O)OC1CCC(C(=O)OC(C)c2ccc3c(C)c4ccccc4cc3c2)CC1. The van der Waals surface area contributed by atoms with Gasteiger partial charge >= 0.3 is 23.9 Å². The summed E-state index contributed by atoms with van der Waals surface area (Å²) < 4.78 is 23.3. The molecule has 8 nitrogen and oxygen atoms in total. The third kappa shape index (κ3) is 12.0. The van der Waals surface area contributed by atoms with E-state index in [9.17, 15) is 19.2 Å². The van der Waals surface area contributed by atoms with Crippen molar-refractivity contribution >= 4 is 56.2 Å². The molecule has 3 atom stereocenters. The maximum Gasteiger partial charge on any atom is 0.309 e. The number of hydrogen-bond donors (Lipinski definition) is 0. The summed E-state index contributed by atoms with van der Waals surface area (Å²) in [5.41, 5.74) is 4.74. The summed E-state index contributed by atoms with van der Waals surface area (Å²) in [5, 5.41) is 7.17. The third-order valence-electron chi connectivity index (χ3n) is 14.5. The minimum atomic E-state index is -0.773. The zero-order valence-electron chi connectivity index (χ0n) is 41.3. The average Bonchev–Trinajstić information content (AvgIpc) is 3.36. The number of carbonyl (C=O) groups excluding carboxylic acids is 4. The largest absolute Gasteiger partial charge is 0.462 e. The average molecular weight is 919 g/mol. The van der Waals surface area contributed by atoms with E-state index in [1.54, 1.807) is 0 Å². The second kappa shape index (κ2) is 22.4. The van der Waals surface area contributed by atoms with Crippen LogP contribution in [0, 0.1) is 30.6 Å². The van der Waals surface area contributed by atoms with Gasteiger partial charge in [0.15, 0.2) is 0 Å². The second-order valence-corrected chi connectivity index (χ2v) is 19.8. The number of carbonyl (C=O) groups is 4. The van der Waals surface area contributed by atoms with E-state index < -0.39 is 5.60 Å². The molecule has 2 aliphatic carbocycles. The summed E-state index contributed by atoms with van der Waals surface area (Å²) in [6.07, 6.45) is 6.69. The van der Waals surface area contributed by atoms with Gasteiger partial charge in [0.25, 0.3) is 0 Å². The highest BCUT2D eigenvalue weighted by atomic mass is 16.6. The van der Waals surface area contributed by atoms with E-state index in [0.29, 0.717) is 38.5 Å². The van der Waals surface area contributed by atoms with Gasteiger partial charge in [-0.2, -0.15) is 0 Å². The Morgan fingerprint density at radius 2 is 1.06 bits per heavy atom. The molecular formula is C60H70O8. The van der Waals surface area contributed by atoms with Crippen molar-refractivity contribution in [3.63, 3.8) is 0 Å². The van der Waals surface area contributed by atoms with Crippen molar-refractivity contribution < 1.29 is 38.1 Å². The molecule has 0 aromatic heterocycles. The first kappa shape index (κ1) is 49.9. The van der Waals surface area contributed by atoms with E-state index in [1.165, 1.54) is 27.1 Å². The van der Waals surface area contributed by atoms with Crippen LogP contribution in [0.15, 0.2) is 115 Å². The molecule has 3 unspecified atom stereocenters. The topological polar surface area (TPSA) is 105 Å². The Morgan fingerprint density at radius 1 is 0.559 bits per heavy atom. The van der Waals surface area contributed by atoms with Crippen LogP contribution in [-0.4, -0.2) is 36.1 Å². The molecule has 2 aliphatic rings. The fraction of sp³-hybridized carbons (Fsp3) is 0.433. The minimum absolute atomic E-state index is 0.0720.